The number of pyridine rings is 1. The number of carbonyl (C=O) groups is 1. The second-order valence-electron chi connectivity index (χ2n) is 6.73. The van der Waals surface area contributed by atoms with Crippen molar-refractivity contribution in [2.45, 2.75) is 18.9 Å². The van der Waals surface area contributed by atoms with Crippen LogP contribution in [0.4, 0.5) is 22.0 Å². The van der Waals surface area contributed by atoms with Crippen LogP contribution in [0.3, 0.4) is 0 Å². The summed E-state index contributed by atoms with van der Waals surface area (Å²) >= 11 is 6.09. The molecule has 7 heteroatoms. The zero-order valence-corrected chi connectivity index (χ0v) is 15.2. The Labute approximate surface area is 158 Å². The number of carbonyl (C=O) groups excluding carboxylic acids is 1. The molecular weight excluding hydrogens is 350 g/mol. The minimum absolute atomic E-state index is 0.178. The third kappa shape index (κ3) is 4.19. The van der Waals surface area contributed by atoms with Crippen molar-refractivity contribution < 1.29 is 4.79 Å². The Morgan fingerprint density at radius 2 is 1.77 bits per heavy atom. The number of anilines is 3. The predicted octanol–water partition coefficient (Wildman–Crippen LogP) is 3.35. The fraction of sp³-hybridized carbons (Fsp3) is 0.368. The zero-order chi connectivity index (χ0) is 17.9. The first-order chi connectivity index (χ1) is 12.7. The summed E-state index contributed by atoms with van der Waals surface area (Å²) in [6.45, 7) is 3.71. The topological polar surface area (TPSA) is 60.5 Å². The van der Waals surface area contributed by atoms with Crippen molar-refractivity contribution >= 4 is 34.8 Å². The molecule has 2 aliphatic rings. The standard InChI is InChI=1S/C19H22ClN5O/c20-14-2-1-3-16(12-14)24-8-10-25(11-9-24)17-6-7-18(21-13-17)23-19(26)22-15-4-5-15/h1-3,6-7,12-13,15H,4-5,8-11H2,(H2,21,22,23,26). The number of piperazine rings is 1. The van der Waals surface area contributed by atoms with Gasteiger partial charge in [-0.05, 0) is 43.2 Å². The van der Waals surface area contributed by atoms with E-state index in [1.165, 1.54) is 0 Å². The van der Waals surface area contributed by atoms with Crippen molar-refractivity contribution in [3.63, 3.8) is 0 Å². The molecule has 0 atom stereocenters. The molecule has 1 aromatic heterocycles. The highest BCUT2D eigenvalue weighted by atomic mass is 35.5. The number of amides is 2. The van der Waals surface area contributed by atoms with Crippen LogP contribution in [0.1, 0.15) is 12.8 Å². The SMILES string of the molecule is O=C(Nc1ccc(N2CCN(c3cccc(Cl)c3)CC2)cn1)NC1CC1. The van der Waals surface area contributed by atoms with E-state index < -0.39 is 0 Å². The molecule has 2 fully saturated rings. The van der Waals surface area contributed by atoms with E-state index in [2.05, 4.69) is 31.5 Å². The molecule has 1 saturated heterocycles. The first kappa shape index (κ1) is 17.0. The lowest BCUT2D eigenvalue weighted by Crippen LogP contribution is -2.46. The van der Waals surface area contributed by atoms with Crippen molar-refractivity contribution in [3.05, 3.63) is 47.6 Å². The average molecular weight is 372 g/mol. The summed E-state index contributed by atoms with van der Waals surface area (Å²) in [6.07, 6.45) is 3.96. The van der Waals surface area contributed by atoms with Crippen LogP contribution in [0.5, 0.6) is 0 Å². The van der Waals surface area contributed by atoms with E-state index >= 15 is 0 Å². The molecule has 26 heavy (non-hydrogen) atoms. The van der Waals surface area contributed by atoms with Gasteiger partial charge in [0.1, 0.15) is 5.82 Å². The molecule has 0 bridgehead atoms. The summed E-state index contributed by atoms with van der Waals surface area (Å²) in [4.78, 5) is 20.8. The van der Waals surface area contributed by atoms with Gasteiger partial charge in [0.05, 0.1) is 11.9 Å². The van der Waals surface area contributed by atoms with Crippen LogP contribution in [0.15, 0.2) is 42.6 Å². The Kier molecular flexibility index (Phi) is 4.84. The molecule has 1 saturated carbocycles. The number of nitrogens with zero attached hydrogens (tertiary/aromatic N) is 3. The summed E-state index contributed by atoms with van der Waals surface area (Å²) < 4.78 is 0. The predicted molar refractivity (Wildman–Crippen MR) is 105 cm³/mol. The molecule has 1 aliphatic carbocycles. The number of halogens is 1. The van der Waals surface area contributed by atoms with Crippen LogP contribution in [-0.4, -0.2) is 43.2 Å². The Bertz CT molecular complexity index is 770. The molecule has 2 aromatic rings. The molecule has 0 radical (unpaired) electrons. The Balaban J connectivity index is 1.31. The van der Waals surface area contributed by atoms with Gasteiger partial charge < -0.3 is 15.1 Å². The van der Waals surface area contributed by atoms with Crippen molar-refractivity contribution in [3.8, 4) is 0 Å². The minimum Gasteiger partial charge on any atom is -0.368 e. The Morgan fingerprint density at radius 3 is 2.38 bits per heavy atom. The summed E-state index contributed by atoms with van der Waals surface area (Å²) in [7, 11) is 0. The van der Waals surface area contributed by atoms with E-state index in [1.54, 1.807) is 0 Å². The van der Waals surface area contributed by atoms with E-state index in [0.29, 0.717) is 11.9 Å². The number of hydrogen-bond donors (Lipinski definition) is 2. The van der Waals surface area contributed by atoms with Crippen LogP contribution < -0.4 is 20.4 Å². The molecule has 1 aromatic carbocycles. The van der Waals surface area contributed by atoms with Gasteiger partial charge in [-0.15, -0.1) is 0 Å². The van der Waals surface area contributed by atoms with Gasteiger partial charge >= 0.3 is 6.03 Å². The molecular formula is C19H22ClN5O. The summed E-state index contributed by atoms with van der Waals surface area (Å²) in [6, 6.07) is 12.0. The lowest BCUT2D eigenvalue weighted by Gasteiger charge is -2.37. The first-order valence-corrected chi connectivity index (χ1v) is 9.34. The summed E-state index contributed by atoms with van der Waals surface area (Å²) in [5.74, 6) is 0.574. The lowest BCUT2D eigenvalue weighted by atomic mass is 10.2. The largest absolute Gasteiger partial charge is 0.368 e. The zero-order valence-electron chi connectivity index (χ0n) is 14.5. The number of hydrogen-bond acceptors (Lipinski definition) is 4. The molecule has 4 rings (SSSR count). The number of rotatable bonds is 4. The fourth-order valence-corrected chi connectivity index (χ4v) is 3.29. The second kappa shape index (κ2) is 7.41. The molecule has 0 spiro atoms. The lowest BCUT2D eigenvalue weighted by molar-refractivity contribution is 0.251. The second-order valence-corrected chi connectivity index (χ2v) is 7.16. The van der Waals surface area contributed by atoms with Gasteiger partial charge in [-0.3, -0.25) is 5.32 Å². The quantitative estimate of drug-likeness (QED) is 0.865. The van der Waals surface area contributed by atoms with Gasteiger partial charge in [0.15, 0.2) is 0 Å². The summed E-state index contributed by atoms with van der Waals surface area (Å²) in [5.41, 5.74) is 2.24. The van der Waals surface area contributed by atoms with Crippen LogP contribution in [0, 0.1) is 0 Å². The molecule has 1 aliphatic heterocycles. The van der Waals surface area contributed by atoms with Crippen LogP contribution in [0.25, 0.3) is 0 Å². The van der Waals surface area contributed by atoms with Gasteiger partial charge in [0.25, 0.3) is 0 Å². The first-order valence-electron chi connectivity index (χ1n) is 8.96. The van der Waals surface area contributed by atoms with Gasteiger partial charge in [-0.2, -0.15) is 0 Å². The maximum atomic E-state index is 11.8. The smallest absolute Gasteiger partial charge is 0.320 e. The molecule has 136 valence electrons. The van der Waals surface area contributed by atoms with Crippen molar-refractivity contribution in [1.29, 1.82) is 0 Å². The number of urea groups is 1. The van der Waals surface area contributed by atoms with Gasteiger partial charge in [-0.25, -0.2) is 9.78 Å². The monoisotopic (exact) mass is 371 g/mol. The van der Waals surface area contributed by atoms with Crippen molar-refractivity contribution in [2.75, 3.05) is 41.3 Å². The van der Waals surface area contributed by atoms with Crippen LogP contribution >= 0.6 is 11.6 Å². The van der Waals surface area contributed by atoms with Gasteiger partial charge in [-0.1, -0.05) is 17.7 Å². The number of aromatic nitrogens is 1. The molecule has 2 amide bonds. The van der Waals surface area contributed by atoms with E-state index in [4.69, 9.17) is 11.6 Å². The van der Waals surface area contributed by atoms with Gasteiger partial charge in [0, 0.05) is 42.9 Å². The molecule has 6 nitrogen and oxygen atoms in total. The average Bonchev–Trinajstić information content (AvgIpc) is 3.46. The highest BCUT2D eigenvalue weighted by Gasteiger charge is 2.23. The third-order valence-electron chi connectivity index (χ3n) is 4.72. The van der Waals surface area contributed by atoms with Crippen molar-refractivity contribution in [2.24, 2.45) is 0 Å². The number of nitrogens with one attached hydrogen (secondary N) is 2. The van der Waals surface area contributed by atoms with E-state index in [9.17, 15) is 4.79 Å². The van der Waals surface area contributed by atoms with E-state index in [0.717, 1.165) is 55.4 Å². The Morgan fingerprint density at radius 1 is 1.04 bits per heavy atom. The third-order valence-corrected chi connectivity index (χ3v) is 4.96. The van der Waals surface area contributed by atoms with Crippen LogP contribution in [0.2, 0.25) is 5.02 Å². The highest BCUT2D eigenvalue weighted by Crippen LogP contribution is 2.23. The maximum Gasteiger partial charge on any atom is 0.320 e. The van der Waals surface area contributed by atoms with Gasteiger partial charge in [0.2, 0.25) is 0 Å². The molecule has 2 heterocycles. The molecule has 2 N–H and O–H groups in total. The van der Waals surface area contributed by atoms with E-state index in [1.807, 2.05) is 36.5 Å². The van der Waals surface area contributed by atoms with Crippen LogP contribution in [-0.2, 0) is 0 Å². The minimum atomic E-state index is -0.178. The number of benzene rings is 1. The Hall–Kier alpha value is -2.47. The van der Waals surface area contributed by atoms with E-state index in [-0.39, 0.29) is 6.03 Å². The normalized spacial score (nSPS) is 17.1. The maximum absolute atomic E-state index is 11.8. The molecule has 0 unspecified atom stereocenters. The van der Waals surface area contributed by atoms with Crippen molar-refractivity contribution in [1.82, 2.24) is 10.3 Å². The fourth-order valence-electron chi connectivity index (χ4n) is 3.11. The summed E-state index contributed by atoms with van der Waals surface area (Å²) in [5, 5.41) is 6.43. The highest BCUT2D eigenvalue weighted by molar-refractivity contribution is 6.30.